The molecule has 0 radical (unpaired) electrons. The second-order valence-corrected chi connectivity index (χ2v) is 7.17. The molecule has 148 valence electrons. The number of aromatic nitrogens is 2. The summed E-state index contributed by atoms with van der Waals surface area (Å²) in [6.07, 6.45) is 0. The number of nitrogens with zero attached hydrogens (tertiary/aromatic N) is 3. The summed E-state index contributed by atoms with van der Waals surface area (Å²) in [5, 5.41) is 2.99. The third kappa shape index (κ3) is 4.43. The standard InChI is InChI=1S/C23H24N4O2/c1-16-8-9-19(17(2)14-16)25-23(28)20-15-21(27-10-12-29-13-11-27)26-22(24-20)18-6-4-3-5-7-18/h3-9,14-15H,10-13H2,1-2H3,(H,25,28). The normalized spacial score (nSPS) is 13.9. The maximum atomic E-state index is 13.0. The number of hydrogen-bond acceptors (Lipinski definition) is 5. The number of anilines is 2. The fraction of sp³-hybridized carbons (Fsp3) is 0.261. The first-order valence-corrected chi connectivity index (χ1v) is 9.76. The minimum atomic E-state index is -0.244. The van der Waals surface area contributed by atoms with Crippen LogP contribution in [0.15, 0.2) is 54.6 Å². The molecule has 29 heavy (non-hydrogen) atoms. The van der Waals surface area contributed by atoms with Crippen molar-refractivity contribution >= 4 is 17.4 Å². The molecular weight excluding hydrogens is 364 g/mol. The number of nitrogens with one attached hydrogen (secondary N) is 1. The van der Waals surface area contributed by atoms with Crippen molar-refractivity contribution in [2.45, 2.75) is 13.8 Å². The van der Waals surface area contributed by atoms with E-state index in [-0.39, 0.29) is 5.91 Å². The smallest absolute Gasteiger partial charge is 0.274 e. The molecule has 1 saturated heterocycles. The average Bonchev–Trinajstić information content (AvgIpc) is 2.76. The predicted molar refractivity (Wildman–Crippen MR) is 114 cm³/mol. The van der Waals surface area contributed by atoms with Gasteiger partial charge in [0.25, 0.3) is 5.91 Å². The van der Waals surface area contributed by atoms with Gasteiger partial charge < -0.3 is 15.0 Å². The van der Waals surface area contributed by atoms with Gasteiger partial charge in [-0.25, -0.2) is 9.97 Å². The minimum Gasteiger partial charge on any atom is -0.378 e. The number of carbonyl (C=O) groups excluding carboxylic acids is 1. The fourth-order valence-electron chi connectivity index (χ4n) is 3.36. The molecule has 1 amide bonds. The van der Waals surface area contributed by atoms with Gasteiger partial charge in [-0.3, -0.25) is 4.79 Å². The van der Waals surface area contributed by atoms with Crippen LogP contribution in [0, 0.1) is 13.8 Å². The molecule has 0 aliphatic carbocycles. The van der Waals surface area contributed by atoms with Gasteiger partial charge in [0.05, 0.1) is 13.2 Å². The number of rotatable bonds is 4. The zero-order chi connectivity index (χ0) is 20.2. The Bertz CT molecular complexity index is 1010. The number of amides is 1. The van der Waals surface area contributed by atoms with Gasteiger partial charge in [0, 0.05) is 30.4 Å². The van der Waals surface area contributed by atoms with Crippen molar-refractivity contribution in [1.29, 1.82) is 0 Å². The summed E-state index contributed by atoms with van der Waals surface area (Å²) in [6, 6.07) is 17.4. The van der Waals surface area contributed by atoms with Crippen molar-refractivity contribution in [3.05, 3.63) is 71.4 Å². The van der Waals surface area contributed by atoms with E-state index in [1.807, 2.05) is 62.4 Å². The van der Waals surface area contributed by atoms with Gasteiger partial charge in [-0.2, -0.15) is 0 Å². The highest BCUT2D eigenvalue weighted by atomic mass is 16.5. The predicted octanol–water partition coefficient (Wildman–Crippen LogP) is 3.85. The van der Waals surface area contributed by atoms with Gasteiger partial charge in [-0.05, 0) is 25.5 Å². The van der Waals surface area contributed by atoms with Gasteiger partial charge >= 0.3 is 0 Å². The van der Waals surface area contributed by atoms with Crippen LogP contribution in [0.3, 0.4) is 0 Å². The number of carbonyl (C=O) groups is 1. The molecule has 2 aromatic carbocycles. The lowest BCUT2D eigenvalue weighted by Gasteiger charge is -2.28. The SMILES string of the molecule is Cc1ccc(NC(=O)c2cc(N3CCOCC3)nc(-c3ccccc3)n2)c(C)c1. The maximum Gasteiger partial charge on any atom is 0.274 e. The van der Waals surface area contributed by atoms with E-state index in [2.05, 4.69) is 15.2 Å². The van der Waals surface area contributed by atoms with Crippen LogP contribution in [-0.2, 0) is 4.74 Å². The van der Waals surface area contributed by atoms with Gasteiger partial charge in [0.2, 0.25) is 0 Å². The number of aryl methyl sites for hydroxylation is 2. The van der Waals surface area contributed by atoms with E-state index in [1.54, 1.807) is 6.07 Å². The Morgan fingerprint density at radius 3 is 2.48 bits per heavy atom. The van der Waals surface area contributed by atoms with Gasteiger partial charge in [0.1, 0.15) is 11.5 Å². The first-order chi connectivity index (χ1) is 14.1. The van der Waals surface area contributed by atoms with Crippen LogP contribution in [0.5, 0.6) is 0 Å². The highest BCUT2D eigenvalue weighted by molar-refractivity contribution is 6.04. The molecule has 0 spiro atoms. The minimum absolute atomic E-state index is 0.244. The number of ether oxygens (including phenoxy) is 1. The fourth-order valence-corrected chi connectivity index (χ4v) is 3.36. The molecule has 0 unspecified atom stereocenters. The molecule has 6 nitrogen and oxygen atoms in total. The summed E-state index contributed by atoms with van der Waals surface area (Å²) >= 11 is 0. The first kappa shape index (κ1) is 19.1. The Morgan fingerprint density at radius 1 is 1.00 bits per heavy atom. The molecule has 1 fully saturated rings. The molecule has 1 N–H and O–H groups in total. The largest absolute Gasteiger partial charge is 0.378 e. The topological polar surface area (TPSA) is 67.4 Å². The molecule has 3 aromatic rings. The lowest BCUT2D eigenvalue weighted by atomic mass is 10.1. The average molecular weight is 388 g/mol. The molecule has 0 saturated carbocycles. The van der Waals surface area contributed by atoms with Gasteiger partial charge in [-0.15, -0.1) is 0 Å². The first-order valence-electron chi connectivity index (χ1n) is 9.76. The van der Waals surface area contributed by atoms with E-state index in [0.29, 0.717) is 24.7 Å². The summed E-state index contributed by atoms with van der Waals surface area (Å²) in [5.41, 5.74) is 4.18. The third-order valence-corrected chi connectivity index (χ3v) is 4.94. The summed E-state index contributed by atoms with van der Waals surface area (Å²) in [6.45, 7) is 6.79. The second-order valence-electron chi connectivity index (χ2n) is 7.17. The van der Waals surface area contributed by atoms with Gasteiger partial charge in [0.15, 0.2) is 5.82 Å². The van der Waals surface area contributed by atoms with E-state index >= 15 is 0 Å². The van der Waals surface area contributed by atoms with Crippen molar-refractivity contribution in [1.82, 2.24) is 9.97 Å². The number of benzene rings is 2. The van der Waals surface area contributed by atoms with Crippen LogP contribution in [-0.4, -0.2) is 42.2 Å². The quantitative estimate of drug-likeness (QED) is 0.735. The number of morpholine rings is 1. The Hall–Kier alpha value is -3.25. The molecule has 0 atom stereocenters. The monoisotopic (exact) mass is 388 g/mol. The zero-order valence-corrected chi connectivity index (χ0v) is 16.7. The van der Waals surface area contributed by atoms with E-state index in [4.69, 9.17) is 9.72 Å². The molecule has 1 aliphatic heterocycles. The lowest BCUT2D eigenvalue weighted by molar-refractivity contribution is 0.102. The van der Waals surface area contributed by atoms with Crippen LogP contribution in [0.4, 0.5) is 11.5 Å². The van der Waals surface area contributed by atoms with Crippen molar-refractivity contribution < 1.29 is 9.53 Å². The summed E-state index contributed by atoms with van der Waals surface area (Å²) in [4.78, 5) is 24.4. The number of hydrogen-bond donors (Lipinski definition) is 1. The van der Waals surface area contributed by atoms with Crippen molar-refractivity contribution in [3.63, 3.8) is 0 Å². The van der Waals surface area contributed by atoms with Crippen LogP contribution < -0.4 is 10.2 Å². The lowest BCUT2D eigenvalue weighted by Crippen LogP contribution is -2.37. The maximum absolute atomic E-state index is 13.0. The zero-order valence-electron chi connectivity index (χ0n) is 16.7. The molecule has 0 bridgehead atoms. The van der Waals surface area contributed by atoms with Crippen molar-refractivity contribution in [3.8, 4) is 11.4 Å². The summed E-state index contributed by atoms with van der Waals surface area (Å²) in [7, 11) is 0. The molecule has 4 rings (SSSR count). The Morgan fingerprint density at radius 2 is 1.76 bits per heavy atom. The Balaban J connectivity index is 1.70. The highest BCUT2D eigenvalue weighted by Crippen LogP contribution is 2.22. The molecule has 6 heteroatoms. The summed E-state index contributed by atoms with van der Waals surface area (Å²) in [5.74, 6) is 1.04. The van der Waals surface area contributed by atoms with Crippen LogP contribution in [0.25, 0.3) is 11.4 Å². The second kappa shape index (κ2) is 8.41. The highest BCUT2D eigenvalue weighted by Gasteiger charge is 2.19. The van der Waals surface area contributed by atoms with Gasteiger partial charge in [-0.1, -0.05) is 48.0 Å². The van der Waals surface area contributed by atoms with E-state index < -0.39 is 0 Å². The van der Waals surface area contributed by atoms with E-state index in [9.17, 15) is 4.79 Å². The van der Waals surface area contributed by atoms with Crippen molar-refractivity contribution in [2.24, 2.45) is 0 Å². The Kier molecular flexibility index (Phi) is 5.53. The molecular formula is C23H24N4O2. The van der Waals surface area contributed by atoms with Crippen LogP contribution in [0.2, 0.25) is 0 Å². The summed E-state index contributed by atoms with van der Waals surface area (Å²) < 4.78 is 5.45. The molecule has 1 aliphatic rings. The van der Waals surface area contributed by atoms with E-state index in [1.165, 1.54) is 0 Å². The van der Waals surface area contributed by atoms with E-state index in [0.717, 1.165) is 41.3 Å². The third-order valence-electron chi connectivity index (χ3n) is 4.94. The van der Waals surface area contributed by atoms with Crippen LogP contribution in [0.1, 0.15) is 21.6 Å². The molecule has 1 aromatic heterocycles. The Labute approximate surface area is 170 Å². The molecule has 2 heterocycles. The van der Waals surface area contributed by atoms with Crippen LogP contribution >= 0.6 is 0 Å². The van der Waals surface area contributed by atoms with Crippen molar-refractivity contribution in [2.75, 3.05) is 36.5 Å².